The van der Waals surface area contributed by atoms with E-state index in [4.69, 9.17) is 4.74 Å². The van der Waals surface area contributed by atoms with E-state index in [9.17, 15) is 9.59 Å². The Hall–Kier alpha value is -1.64. The zero-order valence-electron chi connectivity index (χ0n) is 16.7. The minimum atomic E-state index is -0.177. The van der Waals surface area contributed by atoms with E-state index in [0.717, 1.165) is 12.8 Å². The summed E-state index contributed by atoms with van der Waals surface area (Å²) < 4.78 is 5.30. The summed E-state index contributed by atoms with van der Waals surface area (Å²) in [5.74, 6) is 0.973. The number of allylic oxidation sites excluding steroid dienone is 4. The van der Waals surface area contributed by atoms with Gasteiger partial charge in [0.1, 0.15) is 0 Å². The highest BCUT2D eigenvalue weighted by atomic mass is 16.5. The molecular formula is C23H32O3. The first-order chi connectivity index (χ1) is 12.2. The third-order valence-electron chi connectivity index (χ3n) is 7.56. The summed E-state index contributed by atoms with van der Waals surface area (Å²) in [4.78, 5) is 25.0. The van der Waals surface area contributed by atoms with Crippen molar-refractivity contribution in [3.8, 4) is 0 Å². The van der Waals surface area contributed by atoms with E-state index in [1.54, 1.807) is 0 Å². The standard InChI is InChI=1S/C23H32O3/c1-6-26-20-13-18(24)17(12-19(20)25)14-23(5)16(3)10-11-22(4)15(2)8-7-9-21(22)23/h12-13,16,21H,2,6-11,14H2,1,3-5H3/t16-,21+,22+,23+/m0/s1. The van der Waals surface area contributed by atoms with E-state index in [1.807, 2.05) is 6.92 Å². The van der Waals surface area contributed by atoms with E-state index < -0.39 is 0 Å². The van der Waals surface area contributed by atoms with Gasteiger partial charge < -0.3 is 4.74 Å². The summed E-state index contributed by atoms with van der Waals surface area (Å²) in [6.07, 6.45) is 9.41. The van der Waals surface area contributed by atoms with Gasteiger partial charge in [-0.2, -0.15) is 0 Å². The summed E-state index contributed by atoms with van der Waals surface area (Å²) in [6, 6.07) is 0. The molecule has 3 nitrogen and oxygen atoms in total. The normalized spacial score (nSPS) is 37.8. The zero-order valence-corrected chi connectivity index (χ0v) is 16.7. The maximum Gasteiger partial charge on any atom is 0.220 e. The van der Waals surface area contributed by atoms with E-state index in [0.29, 0.717) is 30.4 Å². The molecule has 0 aromatic carbocycles. The average molecular weight is 357 g/mol. The largest absolute Gasteiger partial charge is 0.490 e. The molecule has 0 spiro atoms. The maximum absolute atomic E-state index is 12.7. The lowest BCUT2D eigenvalue weighted by atomic mass is 9.46. The molecular weight excluding hydrogens is 324 g/mol. The summed E-state index contributed by atoms with van der Waals surface area (Å²) in [5.41, 5.74) is 2.20. The van der Waals surface area contributed by atoms with Crippen molar-refractivity contribution in [3.05, 3.63) is 35.6 Å². The van der Waals surface area contributed by atoms with Crippen LogP contribution in [0.4, 0.5) is 0 Å². The molecule has 0 aromatic rings. The van der Waals surface area contributed by atoms with Gasteiger partial charge in [0.15, 0.2) is 11.5 Å². The van der Waals surface area contributed by atoms with Crippen LogP contribution in [0.15, 0.2) is 35.6 Å². The molecule has 0 aromatic heterocycles. The van der Waals surface area contributed by atoms with Crippen LogP contribution in [-0.4, -0.2) is 18.2 Å². The number of ketones is 2. The lowest BCUT2D eigenvalue weighted by molar-refractivity contribution is -0.118. The average Bonchev–Trinajstić information content (AvgIpc) is 2.58. The fourth-order valence-electron chi connectivity index (χ4n) is 5.67. The Morgan fingerprint density at radius 1 is 1.19 bits per heavy atom. The van der Waals surface area contributed by atoms with Crippen molar-refractivity contribution in [1.29, 1.82) is 0 Å². The second-order valence-corrected chi connectivity index (χ2v) is 8.93. The van der Waals surface area contributed by atoms with Crippen molar-refractivity contribution >= 4 is 11.6 Å². The molecule has 142 valence electrons. The van der Waals surface area contributed by atoms with Crippen molar-refractivity contribution in [2.75, 3.05) is 6.61 Å². The molecule has 0 heterocycles. The van der Waals surface area contributed by atoms with E-state index >= 15 is 0 Å². The Morgan fingerprint density at radius 3 is 2.62 bits per heavy atom. The quantitative estimate of drug-likeness (QED) is 0.515. The molecule has 0 aliphatic heterocycles. The van der Waals surface area contributed by atoms with Crippen molar-refractivity contribution in [2.45, 2.75) is 66.2 Å². The number of ether oxygens (including phenoxy) is 1. The van der Waals surface area contributed by atoms with Crippen molar-refractivity contribution < 1.29 is 14.3 Å². The molecule has 2 saturated carbocycles. The SMILES string of the molecule is C=C1CCC[C@H]2[C@](C)(CC3=CC(=O)C(OCC)=CC3=O)[C@@H](C)CC[C@]12C. The molecule has 3 rings (SSSR count). The highest BCUT2D eigenvalue weighted by molar-refractivity contribution is 6.19. The zero-order chi connectivity index (χ0) is 19.1. The number of hydrogen-bond acceptors (Lipinski definition) is 3. The second-order valence-electron chi connectivity index (χ2n) is 8.93. The van der Waals surface area contributed by atoms with Gasteiger partial charge in [-0.3, -0.25) is 9.59 Å². The summed E-state index contributed by atoms with van der Waals surface area (Å²) in [6.45, 7) is 13.6. The number of hydrogen-bond donors (Lipinski definition) is 0. The number of carbonyl (C=O) groups is 2. The summed E-state index contributed by atoms with van der Waals surface area (Å²) >= 11 is 0. The molecule has 2 fully saturated rings. The molecule has 0 saturated heterocycles. The van der Waals surface area contributed by atoms with E-state index in [-0.39, 0.29) is 28.2 Å². The van der Waals surface area contributed by atoms with Crippen LogP contribution in [0.2, 0.25) is 0 Å². The Labute approximate surface area is 157 Å². The molecule has 0 bridgehead atoms. The van der Waals surface area contributed by atoms with Crippen LogP contribution in [-0.2, 0) is 14.3 Å². The van der Waals surface area contributed by atoms with Gasteiger partial charge in [-0.1, -0.05) is 32.9 Å². The Balaban J connectivity index is 1.90. The first kappa shape index (κ1) is 19.1. The first-order valence-corrected chi connectivity index (χ1v) is 10.0. The Kier molecular flexibility index (Phi) is 5.02. The molecule has 3 heteroatoms. The number of fused-ring (bicyclic) bond motifs is 1. The number of carbonyl (C=O) groups excluding carboxylic acids is 2. The highest BCUT2D eigenvalue weighted by Crippen LogP contribution is 2.63. The summed E-state index contributed by atoms with van der Waals surface area (Å²) in [5, 5.41) is 0. The van der Waals surface area contributed by atoms with Crippen LogP contribution in [0.1, 0.15) is 66.2 Å². The van der Waals surface area contributed by atoms with Crippen LogP contribution in [0.3, 0.4) is 0 Å². The molecule has 0 radical (unpaired) electrons. The molecule has 3 aliphatic rings. The molecule has 4 atom stereocenters. The molecule has 26 heavy (non-hydrogen) atoms. The van der Waals surface area contributed by atoms with E-state index in [1.165, 1.54) is 37.0 Å². The van der Waals surface area contributed by atoms with Crippen molar-refractivity contribution in [3.63, 3.8) is 0 Å². The smallest absolute Gasteiger partial charge is 0.220 e. The highest BCUT2D eigenvalue weighted by Gasteiger charge is 2.54. The minimum Gasteiger partial charge on any atom is -0.490 e. The van der Waals surface area contributed by atoms with Crippen LogP contribution < -0.4 is 0 Å². The third-order valence-corrected chi connectivity index (χ3v) is 7.56. The lowest BCUT2D eigenvalue weighted by Gasteiger charge is -2.59. The monoisotopic (exact) mass is 356 g/mol. The van der Waals surface area contributed by atoms with Gasteiger partial charge in [0.25, 0.3) is 0 Å². The van der Waals surface area contributed by atoms with Gasteiger partial charge in [-0.05, 0) is 74.2 Å². The predicted molar refractivity (Wildman–Crippen MR) is 104 cm³/mol. The van der Waals surface area contributed by atoms with E-state index in [2.05, 4.69) is 27.4 Å². The van der Waals surface area contributed by atoms with Gasteiger partial charge in [-0.15, -0.1) is 0 Å². The van der Waals surface area contributed by atoms with Gasteiger partial charge in [0, 0.05) is 11.6 Å². The lowest BCUT2D eigenvalue weighted by Crippen LogP contribution is -2.50. The topological polar surface area (TPSA) is 43.4 Å². The molecule has 0 amide bonds. The fraction of sp³-hybridized carbons (Fsp3) is 0.652. The minimum absolute atomic E-state index is 0.00902. The second kappa shape index (κ2) is 6.83. The van der Waals surface area contributed by atoms with Gasteiger partial charge in [-0.25, -0.2) is 0 Å². The van der Waals surface area contributed by atoms with Crippen LogP contribution in [0.5, 0.6) is 0 Å². The van der Waals surface area contributed by atoms with Gasteiger partial charge in [0.2, 0.25) is 5.78 Å². The van der Waals surface area contributed by atoms with Gasteiger partial charge in [0.05, 0.1) is 6.61 Å². The molecule has 3 aliphatic carbocycles. The fourth-order valence-corrected chi connectivity index (χ4v) is 5.67. The molecule has 0 unspecified atom stereocenters. The van der Waals surface area contributed by atoms with Crippen molar-refractivity contribution in [1.82, 2.24) is 0 Å². The van der Waals surface area contributed by atoms with Gasteiger partial charge >= 0.3 is 0 Å². The number of rotatable bonds is 4. The first-order valence-electron chi connectivity index (χ1n) is 10.0. The molecule has 0 N–H and O–H groups in total. The third kappa shape index (κ3) is 3.00. The summed E-state index contributed by atoms with van der Waals surface area (Å²) in [7, 11) is 0. The Bertz CT molecular complexity index is 698. The Morgan fingerprint density at radius 2 is 1.92 bits per heavy atom. The van der Waals surface area contributed by atoms with Crippen LogP contribution >= 0.6 is 0 Å². The predicted octanol–water partition coefficient (Wildman–Crippen LogP) is 5.17. The van der Waals surface area contributed by atoms with Crippen LogP contribution in [0.25, 0.3) is 0 Å². The van der Waals surface area contributed by atoms with Crippen molar-refractivity contribution in [2.24, 2.45) is 22.7 Å². The maximum atomic E-state index is 12.7. The van der Waals surface area contributed by atoms with Crippen LogP contribution in [0, 0.1) is 22.7 Å².